The van der Waals surface area contributed by atoms with E-state index in [2.05, 4.69) is 5.92 Å². The molecule has 1 aromatic carbocycles. The maximum Gasteiger partial charge on any atom is 0.234 e. The van der Waals surface area contributed by atoms with Gasteiger partial charge >= 0.3 is 0 Å². The van der Waals surface area contributed by atoms with Gasteiger partial charge < -0.3 is 4.90 Å². The molecule has 0 aliphatic carbocycles. The second kappa shape index (κ2) is 4.19. The van der Waals surface area contributed by atoms with Crippen LogP contribution in [-0.4, -0.2) is 18.2 Å². The van der Waals surface area contributed by atoms with Crippen molar-refractivity contribution in [3.8, 4) is 12.3 Å². The van der Waals surface area contributed by atoms with Gasteiger partial charge in [0.15, 0.2) is 0 Å². The molecular formula is C13H11NO2. The van der Waals surface area contributed by atoms with E-state index in [1.807, 2.05) is 18.2 Å². The topological polar surface area (TPSA) is 37.4 Å². The monoisotopic (exact) mass is 213 g/mol. The lowest BCUT2D eigenvalue weighted by molar-refractivity contribution is -0.128. The summed E-state index contributed by atoms with van der Waals surface area (Å²) in [4.78, 5) is 24.4. The number of rotatable bonds is 1. The smallest absolute Gasteiger partial charge is 0.234 e. The van der Waals surface area contributed by atoms with Crippen LogP contribution in [0.4, 0.5) is 5.69 Å². The summed E-state index contributed by atoms with van der Waals surface area (Å²) < 4.78 is 0. The highest BCUT2D eigenvalue weighted by Gasteiger charge is 2.24. The molecule has 16 heavy (non-hydrogen) atoms. The molecule has 2 rings (SSSR count). The van der Waals surface area contributed by atoms with Crippen LogP contribution in [0.5, 0.6) is 0 Å². The Kier molecular flexibility index (Phi) is 2.74. The first-order chi connectivity index (χ1) is 7.70. The fourth-order valence-electron chi connectivity index (χ4n) is 1.75. The van der Waals surface area contributed by atoms with Crippen molar-refractivity contribution in [3.63, 3.8) is 0 Å². The highest BCUT2D eigenvalue weighted by atomic mass is 16.2. The fraction of sp³-hybridized carbons (Fsp3) is 0.231. The minimum absolute atomic E-state index is 0.000279. The van der Waals surface area contributed by atoms with Crippen LogP contribution >= 0.6 is 0 Å². The van der Waals surface area contributed by atoms with Gasteiger partial charge in [-0.15, -0.1) is 6.42 Å². The summed E-state index contributed by atoms with van der Waals surface area (Å²) in [6.45, 7) is 0.450. The molecule has 0 atom stereocenters. The summed E-state index contributed by atoms with van der Waals surface area (Å²) in [6.07, 6.45) is 5.72. The number of terminal acetylenes is 1. The quantitative estimate of drug-likeness (QED) is 0.522. The summed E-state index contributed by atoms with van der Waals surface area (Å²) in [5.41, 5.74) is 1.51. The van der Waals surface area contributed by atoms with Crippen LogP contribution in [-0.2, 0) is 9.59 Å². The Morgan fingerprint density at radius 3 is 2.81 bits per heavy atom. The molecule has 3 nitrogen and oxygen atoms in total. The fourth-order valence-corrected chi connectivity index (χ4v) is 1.75. The first-order valence-corrected chi connectivity index (χ1v) is 5.09. The number of hydrogen-bond donors (Lipinski definition) is 0. The molecule has 0 unspecified atom stereocenters. The van der Waals surface area contributed by atoms with Gasteiger partial charge in [-0.1, -0.05) is 12.0 Å². The molecule has 1 saturated heterocycles. The Labute approximate surface area is 94.1 Å². The zero-order valence-electron chi connectivity index (χ0n) is 8.77. The number of amides is 1. The van der Waals surface area contributed by atoms with E-state index >= 15 is 0 Å². The number of ketones is 1. The number of carbonyl (C=O) groups excluding carboxylic acids is 2. The minimum atomic E-state index is -0.148. The van der Waals surface area contributed by atoms with Crippen molar-refractivity contribution in [2.45, 2.75) is 12.8 Å². The summed E-state index contributed by atoms with van der Waals surface area (Å²) in [6, 6.07) is 7.24. The number of nitrogens with zero attached hydrogens (tertiary/aromatic N) is 1. The van der Waals surface area contributed by atoms with E-state index < -0.39 is 0 Å². The van der Waals surface area contributed by atoms with E-state index in [9.17, 15) is 9.59 Å². The van der Waals surface area contributed by atoms with Crippen LogP contribution in [0.25, 0.3) is 0 Å². The van der Waals surface area contributed by atoms with Crippen molar-refractivity contribution in [2.75, 3.05) is 11.4 Å². The van der Waals surface area contributed by atoms with Crippen molar-refractivity contribution in [2.24, 2.45) is 0 Å². The van der Waals surface area contributed by atoms with Gasteiger partial charge in [0.2, 0.25) is 5.91 Å². The molecule has 1 aromatic rings. The van der Waals surface area contributed by atoms with Gasteiger partial charge in [0.05, 0.1) is 6.42 Å². The summed E-state index contributed by atoms with van der Waals surface area (Å²) in [5.74, 6) is 2.39. The SMILES string of the molecule is C#Cc1cccc(N2CCC(=O)CC2=O)c1. The summed E-state index contributed by atoms with van der Waals surface area (Å²) in [5, 5.41) is 0. The molecule has 0 N–H and O–H groups in total. The average molecular weight is 213 g/mol. The van der Waals surface area contributed by atoms with Crippen molar-refractivity contribution < 1.29 is 9.59 Å². The summed E-state index contributed by atoms with van der Waals surface area (Å²) in [7, 11) is 0. The second-order valence-electron chi connectivity index (χ2n) is 3.71. The molecule has 0 saturated carbocycles. The van der Waals surface area contributed by atoms with Gasteiger partial charge in [-0.05, 0) is 18.2 Å². The van der Waals surface area contributed by atoms with Crippen molar-refractivity contribution in [1.82, 2.24) is 0 Å². The van der Waals surface area contributed by atoms with E-state index in [1.54, 1.807) is 11.0 Å². The van der Waals surface area contributed by atoms with Crippen molar-refractivity contribution in [3.05, 3.63) is 29.8 Å². The van der Waals surface area contributed by atoms with E-state index in [0.29, 0.717) is 13.0 Å². The van der Waals surface area contributed by atoms with Crippen LogP contribution in [0.2, 0.25) is 0 Å². The van der Waals surface area contributed by atoms with Gasteiger partial charge in [0.25, 0.3) is 0 Å². The van der Waals surface area contributed by atoms with E-state index in [4.69, 9.17) is 6.42 Å². The van der Waals surface area contributed by atoms with Crippen LogP contribution in [0, 0.1) is 12.3 Å². The average Bonchev–Trinajstić information content (AvgIpc) is 2.29. The number of piperidine rings is 1. The molecule has 0 bridgehead atoms. The molecule has 1 amide bonds. The lowest BCUT2D eigenvalue weighted by Gasteiger charge is -2.26. The number of hydrogen-bond acceptors (Lipinski definition) is 2. The normalized spacial score (nSPS) is 16.1. The molecular weight excluding hydrogens is 202 g/mol. The number of benzene rings is 1. The third kappa shape index (κ3) is 1.96. The van der Waals surface area contributed by atoms with Gasteiger partial charge in [-0.2, -0.15) is 0 Å². The molecule has 0 aromatic heterocycles. The second-order valence-corrected chi connectivity index (χ2v) is 3.71. The molecule has 0 spiro atoms. The standard InChI is InChI=1S/C13H11NO2/c1-2-10-4-3-5-11(8-10)14-7-6-12(15)9-13(14)16/h1,3-5,8H,6-7,9H2. The predicted molar refractivity (Wildman–Crippen MR) is 61.0 cm³/mol. The van der Waals surface area contributed by atoms with Crippen molar-refractivity contribution >= 4 is 17.4 Å². The van der Waals surface area contributed by atoms with E-state index in [-0.39, 0.29) is 18.1 Å². The minimum Gasteiger partial charge on any atom is -0.312 e. The first-order valence-electron chi connectivity index (χ1n) is 5.09. The van der Waals surface area contributed by atoms with E-state index in [0.717, 1.165) is 11.3 Å². The molecule has 3 heteroatoms. The Bertz CT molecular complexity index is 485. The Morgan fingerprint density at radius 1 is 1.31 bits per heavy atom. The Balaban J connectivity index is 2.27. The van der Waals surface area contributed by atoms with E-state index in [1.165, 1.54) is 0 Å². The number of carbonyl (C=O) groups is 2. The molecule has 1 fully saturated rings. The largest absolute Gasteiger partial charge is 0.312 e. The van der Waals surface area contributed by atoms with Crippen molar-refractivity contribution in [1.29, 1.82) is 0 Å². The van der Waals surface area contributed by atoms with Gasteiger partial charge in [0.1, 0.15) is 5.78 Å². The molecule has 80 valence electrons. The molecule has 1 aliphatic rings. The summed E-state index contributed by atoms with van der Waals surface area (Å²) >= 11 is 0. The molecule has 1 aliphatic heterocycles. The third-order valence-electron chi connectivity index (χ3n) is 2.59. The highest BCUT2D eigenvalue weighted by Crippen LogP contribution is 2.20. The van der Waals surface area contributed by atoms with Gasteiger partial charge in [-0.25, -0.2) is 0 Å². The van der Waals surface area contributed by atoms with Crippen LogP contribution in [0.3, 0.4) is 0 Å². The van der Waals surface area contributed by atoms with Gasteiger partial charge in [0, 0.05) is 24.2 Å². The van der Waals surface area contributed by atoms with Crippen LogP contribution < -0.4 is 4.90 Å². The van der Waals surface area contributed by atoms with Crippen LogP contribution in [0.15, 0.2) is 24.3 Å². The third-order valence-corrected chi connectivity index (χ3v) is 2.59. The maximum absolute atomic E-state index is 11.7. The molecule has 0 radical (unpaired) electrons. The maximum atomic E-state index is 11.7. The zero-order valence-corrected chi connectivity index (χ0v) is 8.77. The zero-order chi connectivity index (χ0) is 11.5. The first kappa shape index (κ1) is 10.4. The molecule has 1 heterocycles. The number of anilines is 1. The lowest BCUT2D eigenvalue weighted by atomic mass is 10.1. The Morgan fingerprint density at radius 2 is 2.12 bits per heavy atom. The highest BCUT2D eigenvalue weighted by molar-refractivity contribution is 6.08. The Hall–Kier alpha value is -2.08. The van der Waals surface area contributed by atoms with Gasteiger partial charge in [-0.3, -0.25) is 9.59 Å². The predicted octanol–water partition coefficient (Wildman–Crippen LogP) is 1.36. The lowest BCUT2D eigenvalue weighted by Crippen LogP contribution is -2.39. The number of Topliss-reactive ketones (excluding diaryl/α,β-unsaturated/α-hetero) is 1. The van der Waals surface area contributed by atoms with Crippen LogP contribution in [0.1, 0.15) is 18.4 Å².